The summed E-state index contributed by atoms with van der Waals surface area (Å²) in [4.78, 5) is 0. The molecule has 0 bridgehead atoms. The van der Waals surface area contributed by atoms with E-state index in [-0.39, 0.29) is 21.1 Å². The molecule has 4 aliphatic heterocycles. The molecule has 38 heavy (non-hydrogen) atoms. The minimum absolute atomic E-state index is 0. The zero-order valence-corrected chi connectivity index (χ0v) is 26.0. The Labute approximate surface area is 246 Å². The molecule has 0 aromatic carbocycles. The quantitative estimate of drug-likeness (QED) is 0.289. The van der Waals surface area contributed by atoms with Crippen molar-refractivity contribution in [3.05, 3.63) is 44.7 Å². The Bertz CT molecular complexity index is 818. The van der Waals surface area contributed by atoms with E-state index in [0.29, 0.717) is 30.1 Å². The summed E-state index contributed by atoms with van der Waals surface area (Å²) in [5, 5.41) is 20.1. The number of rotatable bonds is 2. The van der Waals surface area contributed by atoms with Crippen LogP contribution >= 0.6 is 0 Å². The molecule has 0 amide bonds. The van der Waals surface area contributed by atoms with E-state index >= 15 is 0 Å². The molecule has 7 rings (SSSR count). The van der Waals surface area contributed by atoms with Gasteiger partial charge < -0.3 is 26.0 Å². The Balaban J connectivity index is 0.000000322. The van der Waals surface area contributed by atoms with Crippen LogP contribution in [0.15, 0.2) is 23.4 Å². The van der Waals surface area contributed by atoms with E-state index in [1.807, 2.05) is 7.11 Å². The number of ether oxygens (including phenoxy) is 1. The topological polar surface area (TPSA) is 65.6 Å². The van der Waals surface area contributed by atoms with E-state index in [1.54, 1.807) is 0 Å². The fourth-order valence-corrected chi connectivity index (χ4v) is 9.15. The maximum absolute atomic E-state index is 5.72. The molecule has 0 aromatic heterocycles. The van der Waals surface area contributed by atoms with Crippen LogP contribution in [-0.4, -0.2) is 57.5 Å². The number of hydrogen-bond acceptors (Lipinski definition) is 1. The smallest absolute Gasteiger partial charge is 0.686 e. The zero-order chi connectivity index (χ0) is 25.2. The van der Waals surface area contributed by atoms with Crippen LogP contribution < -0.4 is 0 Å². The standard InChI is InChI=1S/C26H38N3O.C6H12N.Pt/c1-30-19-10-6-16(7-11-19)22-20-12-8-17-4-2-14-27-23(17)25(20)29-26-21(22)13-9-18-5-3-15-28-24(18)26;1-6-2-4-7-5-3-6;/h2,4,16,18-22,24-26H,3,5-15H2,1H3;6H,2-5H2,1H3;/q-3;-1;+2. The van der Waals surface area contributed by atoms with Crippen LogP contribution in [0.2, 0.25) is 0 Å². The number of methoxy groups -OCH3 is 1. The number of hydrogen-bond donors (Lipinski definition) is 0. The van der Waals surface area contributed by atoms with Gasteiger partial charge in [0.2, 0.25) is 0 Å². The van der Waals surface area contributed by atoms with Gasteiger partial charge in [0.1, 0.15) is 0 Å². The van der Waals surface area contributed by atoms with Crippen molar-refractivity contribution < 1.29 is 25.8 Å². The summed E-state index contributed by atoms with van der Waals surface area (Å²) in [5.41, 5.74) is 2.85. The third-order valence-electron chi connectivity index (χ3n) is 11.1. The first-order chi connectivity index (χ1) is 18.2. The fraction of sp³-hybridized carbons (Fsp3) is 0.875. The van der Waals surface area contributed by atoms with E-state index in [0.717, 1.165) is 55.8 Å². The van der Waals surface area contributed by atoms with Crippen LogP contribution in [-0.2, 0) is 25.8 Å². The Morgan fingerprint density at radius 3 is 2.34 bits per heavy atom. The van der Waals surface area contributed by atoms with Crippen LogP contribution in [0.1, 0.15) is 84.0 Å². The predicted molar refractivity (Wildman–Crippen MR) is 153 cm³/mol. The second-order valence-electron chi connectivity index (χ2n) is 13.2. The Morgan fingerprint density at radius 2 is 1.61 bits per heavy atom. The third kappa shape index (κ3) is 6.18. The molecule has 0 aromatic rings. The van der Waals surface area contributed by atoms with Gasteiger partial charge in [-0.3, -0.25) is 0 Å². The molecule has 4 heterocycles. The van der Waals surface area contributed by atoms with E-state index < -0.39 is 0 Å². The monoisotopic (exact) mass is 701 g/mol. The summed E-state index contributed by atoms with van der Waals surface area (Å²) in [5.74, 6) is 4.89. The van der Waals surface area contributed by atoms with Gasteiger partial charge in [-0.15, -0.1) is 50.4 Å². The van der Waals surface area contributed by atoms with E-state index in [2.05, 4.69) is 24.4 Å². The van der Waals surface area contributed by atoms with Crippen molar-refractivity contribution in [3.63, 3.8) is 0 Å². The molecule has 6 heteroatoms. The molecule has 216 valence electrons. The maximum atomic E-state index is 5.72. The van der Waals surface area contributed by atoms with Crippen molar-refractivity contribution in [2.24, 2.45) is 35.5 Å². The van der Waals surface area contributed by atoms with Crippen molar-refractivity contribution in [2.45, 2.75) is 108 Å². The molecule has 0 spiro atoms. The van der Waals surface area contributed by atoms with Gasteiger partial charge in [0.05, 0.1) is 6.10 Å². The van der Waals surface area contributed by atoms with Crippen molar-refractivity contribution in [1.29, 1.82) is 0 Å². The summed E-state index contributed by atoms with van der Waals surface area (Å²) >= 11 is 0. The molecular weight excluding hydrogens is 651 g/mol. The van der Waals surface area contributed by atoms with E-state index in [4.69, 9.17) is 20.7 Å². The first kappa shape index (κ1) is 29.3. The summed E-state index contributed by atoms with van der Waals surface area (Å²) < 4.78 is 5.72. The second kappa shape index (κ2) is 13.6. The molecule has 5 nitrogen and oxygen atoms in total. The Kier molecular flexibility index (Phi) is 10.5. The van der Waals surface area contributed by atoms with Gasteiger partial charge in [-0.25, -0.2) is 0 Å². The Morgan fingerprint density at radius 1 is 0.816 bits per heavy atom. The maximum Gasteiger partial charge on any atom is 2.00 e. The molecule has 5 fully saturated rings. The molecular formula is C32H50N4OPt-2. The predicted octanol–water partition coefficient (Wildman–Crippen LogP) is 7.89. The SMILES string of the molecule is CC1CC[N-]CC1.COC1CCC(C2C3CCC4=C([N-]CC=C4)C3[N-]C3C2CCC2CCC[N-]C23)CC1.[Pt+2]. The second-order valence-corrected chi connectivity index (χ2v) is 13.2. The van der Waals surface area contributed by atoms with Crippen LogP contribution in [0.4, 0.5) is 0 Å². The van der Waals surface area contributed by atoms with Gasteiger partial charge in [-0.2, -0.15) is 5.70 Å². The fourth-order valence-electron chi connectivity index (χ4n) is 9.15. The number of fused-ring (bicyclic) bond motifs is 5. The van der Waals surface area contributed by atoms with Crippen LogP contribution in [0.25, 0.3) is 21.3 Å². The Hall–Kier alpha value is -0.192. The normalized spacial score (nSPS) is 42.6. The van der Waals surface area contributed by atoms with Crippen LogP contribution in [0.5, 0.6) is 0 Å². The first-order valence-electron chi connectivity index (χ1n) is 15.8. The first-order valence-corrected chi connectivity index (χ1v) is 15.8. The molecule has 0 N–H and O–H groups in total. The van der Waals surface area contributed by atoms with Gasteiger partial charge in [0.25, 0.3) is 0 Å². The summed E-state index contributed by atoms with van der Waals surface area (Å²) in [6.45, 7) is 6.45. The van der Waals surface area contributed by atoms with Gasteiger partial charge in [-0.05, 0) is 56.3 Å². The van der Waals surface area contributed by atoms with Gasteiger partial charge in [0, 0.05) is 7.11 Å². The van der Waals surface area contributed by atoms with Crippen molar-refractivity contribution in [2.75, 3.05) is 33.3 Å². The summed E-state index contributed by atoms with van der Waals surface area (Å²) in [7, 11) is 1.90. The summed E-state index contributed by atoms with van der Waals surface area (Å²) in [6.07, 6.45) is 20.9. The van der Waals surface area contributed by atoms with Crippen molar-refractivity contribution in [1.82, 2.24) is 0 Å². The molecule has 7 aliphatic rings. The van der Waals surface area contributed by atoms with Crippen LogP contribution in [0, 0.1) is 35.5 Å². The number of nitrogens with zero attached hydrogens (tertiary/aromatic N) is 4. The zero-order valence-electron chi connectivity index (χ0n) is 23.8. The molecule has 7 unspecified atom stereocenters. The van der Waals surface area contributed by atoms with E-state index in [1.165, 1.54) is 88.3 Å². The molecule has 7 atom stereocenters. The third-order valence-corrected chi connectivity index (χ3v) is 11.1. The average molecular weight is 702 g/mol. The molecule has 3 aliphatic carbocycles. The molecule has 2 saturated carbocycles. The van der Waals surface area contributed by atoms with Gasteiger partial charge >= 0.3 is 21.1 Å². The largest absolute Gasteiger partial charge is 2.00 e. The van der Waals surface area contributed by atoms with Gasteiger partial charge in [-0.1, -0.05) is 74.9 Å². The average Bonchev–Trinajstić information content (AvgIpc) is 2.96. The van der Waals surface area contributed by atoms with E-state index in [9.17, 15) is 0 Å². The molecule has 0 radical (unpaired) electrons. The number of piperidine rings is 3. The van der Waals surface area contributed by atoms with Gasteiger partial charge in [0.15, 0.2) is 0 Å². The van der Waals surface area contributed by atoms with Crippen LogP contribution in [0.3, 0.4) is 0 Å². The molecule has 3 saturated heterocycles. The summed E-state index contributed by atoms with van der Waals surface area (Å²) in [6, 6.07) is 1.31. The minimum Gasteiger partial charge on any atom is -0.686 e. The minimum atomic E-state index is 0. The van der Waals surface area contributed by atoms with Crippen molar-refractivity contribution >= 4 is 0 Å². The number of allylic oxidation sites excluding steroid dienone is 2. The van der Waals surface area contributed by atoms with Crippen molar-refractivity contribution in [3.8, 4) is 0 Å².